The molecule has 0 radical (unpaired) electrons. The van der Waals surface area contributed by atoms with E-state index in [1.807, 2.05) is 11.8 Å². The fourth-order valence-electron chi connectivity index (χ4n) is 3.71. The Kier molecular flexibility index (Phi) is 5.48. The Morgan fingerprint density at radius 3 is 2.78 bits per heavy atom. The second kappa shape index (κ2) is 7.77. The standard InChI is InChI=1S/C16H26N4O3/c1-2-22-16(21)20-8-3-4-14(7-11-20)19-9-5-13(6-10-19)15-18-17-12-23-15/h12-14H,2-11H2,1H3. The summed E-state index contributed by atoms with van der Waals surface area (Å²) in [4.78, 5) is 16.3. The van der Waals surface area contributed by atoms with Crippen molar-refractivity contribution in [2.75, 3.05) is 32.8 Å². The van der Waals surface area contributed by atoms with Crippen LogP contribution in [-0.4, -0.2) is 64.9 Å². The SMILES string of the molecule is CCOC(=O)N1CCCC(N2CCC(c3nnco3)CC2)CC1. The number of piperidine rings is 1. The first-order valence-corrected chi connectivity index (χ1v) is 8.69. The highest BCUT2D eigenvalue weighted by atomic mass is 16.6. The highest BCUT2D eigenvalue weighted by molar-refractivity contribution is 5.67. The van der Waals surface area contributed by atoms with Crippen LogP contribution in [0.1, 0.15) is 50.8 Å². The summed E-state index contributed by atoms with van der Waals surface area (Å²) in [5.74, 6) is 1.18. The van der Waals surface area contributed by atoms with Gasteiger partial charge in [0.15, 0.2) is 0 Å². The van der Waals surface area contributed by atoms with Crippen molar-refractivity contribution >= 4 is 6.09 Å². The van der Waals surface area contributed by atoms with Gasteiger partial charge >= 0.3 is 6.09 Å². The lowest BCUT2D eigenvalue weighted by Gasteiger charge is -2.36. The normalized spacial score (nSPS) is 24.4. The third-order valence-corrected chi connectivity index (χ3v) is 5.00. The topological polar surface area (TPSA) is 71.7 Å². The predicted molar refractivity (Wildman–Crippen MR) is 84.1 cm³/mol. The number of likely N-dealkylation sites (tertiary alicyclic amines) is 2. The van der Waals surface area contributed by atoms with Crippen LogP contribution in [-0.2, 0) is 4.74 Å². The number of carbonyl (C=O) groups excluding carboxylic acids is 1. The minimum atomic E-state index is -0.164. The quantitative estimate of drug-likeness (QED) is 0.850. The molecule has 23 heavy (non-hydrogen) atoms. The average molecular weight is 322 g/mol. The van der Waals surface area contributed by atoms with Gasteiger partial charge in [0.25, 0.3) is 0 Å². The van der Waals surface area contributed by atoms with Crippen LogP contribution in [0.2, 0.25) is 0 Å². The molecule has 0 saturated carbocycles. The van der Waals surface area contributed by atoms with E-state index in [2.05, 4.69) is 15.1 Å². The summed E-state index contributed by atoms with van der Waals surface area (Å²) >= 11 is 0. The Hall–Kier alpha value is -1.63. The van der Waals surface area contributed by atoms with Gasteiger partial charge in [-0.2, -0.15) is 0 Å². The molecule has 3 rings (SSSR count). The molecule has 2 aliphatic heterocycles. The average Bonchev–Trinajstić information content (AvgIpc) is 3.00. The van der Waals surface area contributed by atoms with E-state index in [4.69, 9.17) is 9.15 Å². The zero-order chi connectivity index (χ0) is 16.1. The van der Waals surface area contributed by atoms with Gasteiger partial charge in [0, 0.05) is 25.0 Å². The van der Waals surface area contributed by atoms with Crippen molar-refractivity contribution in [3.05, 3.63) is 12.3 Å². The summed E-state index contributed by atoms with van der Waals surface area (Å²) in [5, 5.41) is 7.82. The van der Waals surface area contributed by atoms with E-state index < -0.39 is 0 Å². The monoisotopic (exact) mass is 322 g/mol. The molecule has 2 fully saturated rings. The minimum absolute atomic E-state index is 0.164. The Bertz CT molecular complexity index is 486. The first-order valence-electron chi connectivity index (χ1n) is 8.69. The molecule has 2 aliphatic rings. The molecule has 1 aromatic heterocycles. The second-order valence-corrected chi connectivity index (χ2v) is 6.36. The van der Waals surface area contributed by atoms with Gasteiger partial charge in [-0.05, 0) is 52.1 Å². The van der Waals surface area contributed by atoms with Crippen LogP contribution in [0.25, 0.3) is 0 Å². The number of rotatable bonds is 3. The van der Waals surface area contributed by atoms with Crippen LogP contribution in [0, 0.1) is 0 Å². The summed E-state index contributed by atoms with van der Waals surface area (Å²) < 4.78 is 10.5. The minimum Gasteiger partial charge on any atom is -0.450 e. The molecule has 1 unspecified atom stereocenters. The number of aromatic nitrogens is 2. The van der Waals surface area contributed by atoms with Crippen LogP contribution in [0.5, 0.6) is 0 Å². The Morgan fingerprint density at radius 2 is 2.09 bits per heavy atom. The maximum Gasteiger partial charge on any atom is 0.409 e. The summed E-state index contributed by atoms with van der Waals surface area (Å²) in [6.07, 6.45) is 6.62. The van der Waals surface area contributed by atoms with Crippen LogP contribution >= 0.6 is 0 Å². The van der Waals surface area contributed by atoms with Crippen molar-refractivity contribution < 1.29 is 13.9 Å². The van der Waals surface area contributed by atoms with E-state index in [0.29, 0.717) is 18.6 Å². The van der Waals surface area contributed by atoms with Crippen molar-refractivity contribution in [1.82, 2.24) is 20.0 Å². The number of hydrogen-bond donors (Lipinski definition) is 0. The van der Waals surface area contributed by atoms with E-state index in [1.54, 1.807) is 0 Å². The molecular formula is C16H26N4O3. The molecule has 1 atom stereocenters. The maximum absolute atomic E-state index is 11.9. The molecule has 7 nitrogen and oxygen atoms in total. The molecule has 128 valence electrons. The summed E-state index contributed by atoms with van der Waals surface area (Å²) in [6.45, 7) is 6.04. The van der Waals surface area contributed by atoms with E-state index in [9.17, 15) is 4.79 Å². The summed E-state index contributed by atoms with van der Waals surface area (Å²) in [6, 6.07) is 0.568. The van der Waals surface area contributed by atoms with Gasteiger partial charge in [0.1, 0.15) is 0 Å². The first-order chi connectivity index (χ1) is 11.3. The highest BCUT2D eigenvalue weighted by Crippen LogP contribution is 2.29. The van der Waals surface area contributed by atoms with Gasteiger partial charge in [0.05, 0.1) is 6.61 Å². The molecule has 1 aromatic rings. The van der Waals surface area contributed by atoms with Gasteiger partial charge in [-0.3, -0.25) is 0 Å². The van der Waals surface area contributed by atoms with Crippen LogP contribution < -0.4 is 0 Å². The largest absolute Gasteiger partial charge is 0.450 e. The van der Waals surface area contributed by atoms with Gasteiger partial charge in [-0.25, -0.2) is 4.79 Å². The molecule has 7 heteroatoms. The molecule has 2 saturated heterocycles. The lowest BCUT2D eigenvalue weighted by Crippen LogP contribution is -2.41. The van der Waals surface area contributed by atoms with Crippen molar-refractivity contribution in [3.63, 3.8) is 0 Å². The summed E-state index contributed by atoms with van der Waals surface area (Å²) in [7, 11) is 0. The molecular weight excluding hydrogens is 296 g/mol. The molecule has 0 aromatic carbocycles. The zero-order valence-electron chi connectivity index (χ0n) is 13.8. The maximum atomic E-state index is 11.9. The molecule has 0 bridgehead atoms. The highest BCUT2D eigenvalue weighted by Gasteiger charge is 2.30. The van der Waals surface area contributed by atoms with Gasteiger partial charge in [0.2, 0.25) is 12.3 Å². The van der Waals surface area contributed by atoms with E-state index in [1.165, 1.54) is 6.39 Å². The lowest BCUT2D eigenvalue weighted by molar-refractivity contribution is 0.104. The van der Waals surface area contributed by atoms with Crippen molar-refractivity contribution in [2.45, 2.75) is 51.0 Å². The Morgan fingerprint density at radius 1 is 1.26 bits per heavy atom. The van der Waals surface area contributed by atoms with Crippen molar-refractivity contribution in [3.8, 4) is 0 Å². The smallest absolute Gasteiger partial charge is 0.409 e. The summed E-state index contributed by atoms with van der Waals surface area (Å²) in [5.41, 5.74) is 0. The molecule has 0 aliphatic carbocycles. The number of carbonyl (C=O) groups is 1. The third-order valence-electron chi connectivity index (χ3n) is 5.00. The predicted octanol–water partition coefficient (Wildman–Crippen LogP) is 2.26. The van der Waals surface area contributed by atoms with Crippen LogP contribution in [0.3, 0.4) is 0 Å². The molecule has 0 N–H and O–H groups in total. The number of amides is 1. The fourth-order valence-corrected chi connectivity index (χ4v) is 3.71. The van der Waals surface area contributed by atoms with Crippen molar-refractivity contribution in [2.24, 2.45) is 0 Å². The van der Waals surface area contributed by atoms with Crippen LogP contribution in [0.4, 0.5) is 4.79 Å². The molecule has 0 spiro atoms. The second-order valence-electron chi connectivity index (χ2n) is 6.36. The van der Waals surface area contributed by atoms with Gasteiger partial charge in [-0.1, -0.05) is 0 Å². The number of nitrogens with zero attached hydrogens (tertiary/aromatic N) is 4. The van der Waals surface area contributed by atoms with E-state index >= 15 is 0 Å². The Balaban J connectivity index is 1.48. The first kappa shape index (κ1) is 16.2. The zero-order valence-corrected chi connectivity index (χ0v) is 13.8. The van der Waals surface area contributed by atoms with E-state index in [-0.39, 0.29) is 6.09 Å². The number of hydrogen-bond acceptors (Lipinski definition) is 6. The van der Waals surface area contributed by atoms with E-state index in [0.717, 1.165) is 64.2 Å². The molecule has 3 heterocycles. The Labute approximate surface area is 137 Å². The number of ether oxygens (including phenoxy) is 1. The van der Waals surface area contributed by atoms with Gasteiger partial charge < -0.3 is 19.0 Å². The van der Waals surface area contributed by atoms with Crippen LogP contribution in [0.15, 0.2) is 10.8 Å². The molecule has 1 amide bonds. The fraction of sp³-hybridized carbons (Fsp3) is 0.812. The van der Waals surface area contributed by atoms with Gasteiger partial charge in [-0.15, -0.1) is 10.2 Å². The third kappa shape index (κ3) is 4.02. The lowest BCUT2D eigenvalue weighted by atomic mass is 9.94. The van der Waals surface area contributed by atoms with Crippen molar-refractivity contribution in [1.29, 1.82) is 0 Å².